The topological polar surface area (TPSA) is 95.3 Å². The molecule has 11 heteroatoms. The van der Waals surface area contributed by atoms with Gasteiger partial charge in [-0.3, -0.25) is 9.59 Å². The molecule has 0 saturated heterocycles. The van der Waals surface area contributed by atoms with Crippen molar-refractivity contribution in [2.24, 2.45) is 7.05 Å². The molecule has 8 nitrogen and oxygen atoms in total. The fourth-order valence-electron chi connectivity index (χ4n) is 6.32. The summed E-state index contributed by atoms with van der Waals surface area (Å²) < 4.78 is 14.1. The van der Waals surface area contributed by atoms with Gasteiger partial charge >= 0.3 is 0 Å². The summed E-state index contributed by atoms with van der Waals surface area (Å²) in [5.41, 5.74) is 2.14. The van der Waals surface area contributed by atoms with Gasteiger partial charge in [-0.15, -0.1) is 11.3 Å². The molecule has 0 aliphatic carbocycles. The molecule has 1 amide bonds. The van der Waals surface area contributed by atoms with Gasteiger partial charge in [0.25, 0.3) is 14.2 Å². The van der Waals surface area contributed by atoms with Gasteiger partial charge in [-0.25, -0.2) is 9.97 Å². The molecular weight excluding hydrogens is 672 g/mol. The average Bonchev–Trinajstić information content (AvgIpc) is 3.59. The summed E-state index contributed by atoms with van der Waals surface area (Å²) in [6, 6.07) is 31.4. The van der Waals surface area contributed by atoms with Crippen molar-refractivity contribution >= 4 is 58.4 Å². The summed E-state index contributed by atoms with van der Waals surface area (Å²) in [5.74, 6) is -0.299. The SMILES string of the molecule is COc1c(-c2csc(-c3ccc4cc(Cl)ccc4n3)n2)n(C)c(C(=O)NCCO[Si](c2ccccc2)(c2ccccc2)C(C)(C)C)cc1=O. The fourth-order valence-corrected chi connectivity index (χ4v) is 11.8. The van der Waals surface area contributed by atoms with Gasteiger partial charge in [0.1, 0.15) is 22.1 Å². The lowest BCUT2D eigenvalue weighted by atomic mass is 10.2. The van der Waals surface area contributed by atoms with Gasteiger partial charge < -0.3 is 19.0 Å². The van der Waals surface area contributed by atoms with Crippen molar-refractivity contribution in [1.29, 1.82) is 0 Å². The number of aromatic nitrogens is 3. The Bertz CT molecular complexity index is 2140. The number of hydrogen-bond donors (Lipinski definition) is 1. The molecule has 0 aliphatic rings. The number of halogens is 1. The number of rotatable bonds is 10. The molecule has 3 aromatic heterocycles. The van der Waals surface area contributed by atoms with Crippen LogP contribution >= 0.6 is 22.9 Å². The first-order valence-electron chi connectivity index (χ1n) is 15.9. The molecule has 6 rings (SSSR count). The minimum atomic E-state index is -2.77. The van der Waals surface area contributed by atoms with Crippen LogP contribution in [0.3, 0.4) is 0 Å². The Kier molecular flexibility index (Phi) is 9.85. The maximum atomic E-state index is 13.6. The van der Waals surface area contributed by atoms with Crippen LogP contribution < -0.4 is 25.9 Å². The first-order valence-corrected chi connectivity index (χ1v) is 19.0. The number of hydrogen-bond acceptors (Lipinski definition) is 7. The van der Waals surface area contributed by atoms with Crippen LogP contribution in [0, 0.1) is 0 Å². The van der Waals surface area contributed by atoms with Crippen molar-refractivity contribution in [3.05, 3.63) is 123 Å². The lowest BCUT2D eigenvalue weighted by molar-refractivity contribution is 0.0937. The highest BCUT2D eigenvalue weighted by Gasteiger charge is 2.50. The Hall–Kier alpha value is -4.61. The number of pyridine rings is 2. The molecule has 0 spiro atoms. The predicted octanol–water partition coefficient (Wildman–Crippen LogP) is 6.69. The average molecular weight is 709 g/mol. The van der Waals surface area contributed by atoms with E-state index in [1.165, 1.54) is 24.5 Å². The number of benzene rings is 3. The molecular formula is C38H37ClN4O4SSi. The highest BCUT2D eigenvalue weighted by atomic mass is 35.5. The zero-order chi connectivity index (χ0) is 34.8. The van der Waals surface area contributed by atoms with E-state index in [0.717, 1.165) is 21.3 Å². The molecule has 0 saturated carbocycles. The molecule has 3 heterocycles. The molecule has 250 valence electrons. The maximum Gasteiger partial charge on any atom is 0.268 e. The Morgan fingerprint density at radius 2 is 1.59 bits per heavy atom. The Labute approximate surface area is 295 Å². The van der Waals surface area contributed by atoms with E-state index in [-0.39, 0.29) is 29.6 Å². The van der Waals surface area contributed by atoms with Crippen molar-refractivity contribution in [2.45, 2.75) is 25.8 Å². The number of carbonyl (C=O) groups excluding carboxylic acids is 1. The molecule has 0 fully saturated rings. The summed E-state index contributed by atoms with van der Waals surface area (Å²) in [6.07, 6.45) is 0. The van der Waals surface area contributed by atoms with E-state index in [4.69, 9.17) is 30.7 Å². The van der Waals surface area contributed by atoms with Gasteiger partial charge in [-0.1, -0.05) is 99.1 Å². The largest absolute Gasteiger partial charge is 0.491 e. The third-order valence-corrected chi connectivity index (χ3v) is 14.7. The number of nitrogens with one attached hydrogen (secondary N) is 1. The van der Waals surface area contributed by atoms with Crippen LogP contribution in [-0.2, 0) is 11.5 Å². The second kappa shape index (κ2) is 14.1. The Balaban J connectivity index is 1.25. The molecule has 0 bridgehead atoms. The van der Waals surface area contributed by atoms with Gasteiger partial charge in [-0.05, 0) is 39.7 Å². The Morgan fingerprint density at radius 1 is 0.918 bits per heavy atom. The molecule has 1 N–H and O–H groups in total. The van der Waals surface area contributed by atoms with Crippen LogP contribution in [-0.4, -0.2) is 49.0 Å². The smallest absolute Gasteiger partial charge is 0.268 e. The summed E-state index contributed by atoms with van der Waals surface area (Å²) in [6.45, 7) is 7.17. The highest BCUT2D eigenvalue weighted by Crippen LogP contribution is 2.37. The highest BCUT2D eigenvalue weighted by molar-refractivity contribution is 7.13. The zero-order valence-corrected chi connectivity index (χ0v) is 30.6. The number of thiazole rings is 1. The summed E-state index contributed by atoms with van der Waals surface area (Å²) in [5, 5.41) is 9.17. The summed E-state index contributed by atoms with van der Waals surface area (Å²) in [4.78, 5) is 36.5. The number of methoxy groups -OCH3 is 1. The predicted molar refractivity (Wildman–Crippen MR) is 201 cm³/mol. The second-order valence-electron chi connectivity index (χ2n) is 12.7. The molecule has 0 radical (unpaired) electrons. The van der Waals surface area contributed by atoms with Crippen LogP contribution in [0.2, 0.25) is 10.1 Å². The van der Waals surface area contributed by atoms with Crippen LogP contribution in [0.15, 0.2) is 107 Å². The van der Waals surface area contributed by atoms with E-state index < -0.39 is 19.7 Å². The first kappa shape index (κ1) is 34.3. The summed E-state index contributed by atoms with van der Waals surface area (Å²) in [7, 11) is 0.390. The van der Waals surface area contributed by atoms with Gasteiger partial charge in [0.15, 0.2) is 5.75 Å². The number of ether oxygens (including phenoxy) is 1. The van der Waals surface area contributed by atoms with Gasteiger partial charge in [-0.2, -0.15) is 0 Å². The van der Waals surface area contributed by atoms with Crippen molar-refractivity contribution in [2.75, 3.05) is 20.3 Å². The van der Waals surface area contributed by atoms with Gasteiger partial charge in [0.05, 0.1) is 24.9 Å². The van der Waals surface area contributed by atoms with E-state index in [1.807, 2.05) is 66.0 Å². The maximum absolute atomic E-state index is 13.6. The van der Waals surface area contributed by atoms with E-state index in [9.17, 15) is 9.59 Å². The second-order valence-corrected chi connectivity index (χ2v) is 18.3. The molecule has 6 aromatic rings. The van der Waals surface area contributed by atoms with Crippen LogP contribution in [0.25, 0.3) is 33.0 Å². The molecule has 0 unspecified atom stereocenters. The van der Waals surface area contributed by atoms with E-state index in [0.29, 0.717) is 27.1 Å². The van der Waals surface area contributed by atoms with E-state index in [2.05, 4.69) is 50.4 Å². The van der Waals surface area contributed by atoms with Crippen molar-refractivity contribution < 1.29 is 14.0 Å². The summed E-state index contributed by atoms with van der Waals surface area (Å²) >= 11 is 7.53. The third-order valence-electron chi connectivity index (χ3n) is 8.58. The van der Waals surface area contributed by atoms with Gasteiger partial charge in [0.2, 0.25) is 5.43 Å². The third kappa shape index (κ3) is 6.69. The minimum Gasteiger partial charge on any atom is -0.491 e. The normalized spacial score (nSPS) is 11.9. The minimum absolute atomic E-state index is 0.104. The van der Waals surface area contributed by atoms with Crippen LogP contribution in [0.4, 0.5) is 0 Å². The quantitative estimate of drug-likeness (QED) is 0.126. The van der Waals surface area contributed by atoms with Crippen molar-refractivity contribution in [3.63, 3.8) is 0 Å². The van der Waals surface area contributed by atoms with Crippen molar-refractivity contribution in [1.82, 2.24) is 19.9 Å². The molecule has 49 heavy (non-hydrogen) atoms. The number of nitrogens with zero attached hydrogens (tertiary/aromatic N) is 3. The lowest BCUT2D eigenvalue weighted by Gasteiger charge is -2.43. The van der Waals surface area contributed by atoms with E-state index in [1.54, 1.807) is 17.7 Å². The van der Waals surface area contributed by atoms with Crippen LogP contribution in [0.5, 0.6) is 5.75 Å². The van der Waals surface area contributed by atoms with Gasteiger partial charge in [0, 0.05) is 35.4 Å². The van der Waals surface area contributed by atoms with Crippen LogP contribution in [0.1, 0.15) is 31.3 Å². The zero-order valence-electron chi connectivity index (χ0n) is 28.0. The lowest BCUT2D eigenvalue weighted by Crippen LogP contribution is -2.67. The number of fused-ring (bicyclic) bond motifs is 1. The first-order chi connectivity index (χ1) is 23.5. The standard InChI is InChI=1S/C38H37ClN4O4SSi/c1-38(2,3)49(27-12-8-6-9-13-27,28-14-10-7-11-15-28)47-21-20-40-36(45)32-23-33(44)35(46-5)34(43(32)4)31-24-48-37(42-31)30-18-16-25-22-26(39)17-19-29(25)41-30/h6-19,22-24H,20-21H2,1-5H3,(H,40,45). The van der Waals surface area contributed by atoms with E-state index >= 15 is 0 Å². The number of amides is 1. The molecule has 0 aliphatic heterocycles. The molecule has 3 aromatic carbocycles. The molecule has 0 atom stereocenters. The monoisotopic (exact) mass is 708 g/mol. The number of carbonyl (C=O) groups is 1. The fraction of sp³-hybridized carbons (Fsp3) is 0.211. The van der Waals surface area contributed by atoms with Crippen molar-refractivity contribution in [3.8, 4) is 27.8 Å². The Morgan fingerprint density at radius 3 is 2.22 bits per heavy atom.